The molecule has 0 saturated carbocycles. The molecule has 0 spiro atoms. The molecule has 0 radical (unpaired) electrons. The molecule has 2 heterocycles. The quantitative estimate of drug-likeness (QED) is 0.367. The number of hydrogen-bond donors (Lipinski definition) is 0. The van der Waals surface area contributed by atoms with Gasteiger partial charge in [-0.05, 0) is 38.0 Å². The number of carbonyl (C=O) groups excluding carboxylic acids is 1. The molecule has 0 fully saturated rings. The maximum Gasteiger partial charge on any atom is 0.319 e. The van der Waals surface area contributed by atoms with Gasteiger partial charge in [0.05, 0.1) is 12.1 Å². The molecule has 0 saturated heterocycles. The Kier molecular flexibility index (Phi) is 5.25. The van der Waals surface area contributed by atoms with Crippen LogP contribution in [0, 0.1) is 6.92 Å². The second-order valence-corrected chi connectivity index (χ2v) is 7.65. The van der Waals surface area contributed by atoms with E-state index < -0.39 is 5.25 Å². The summed E-state index contributed by atoms with van der Waals surface area (Å²) in [5, 5.41) is 5.54. The Labute approximate surface area is 167 Å². The summed E-state index contributed by atoms with van der Waals surface area (Å²) >= 11 is 1.33. The highest BCUT2D eigenvalue weighted by atomic mass is 32.2. The van der Waals surface area contributed by atoms with E-state index in [9.17, 15) is 4.79 Å². The summed E-state index contributed by atoms with van der Waals surface area (Å²) in [6.07, 6.45) is 2.20. The second kappa shape index (κ2) is 7.98. The Morgan fingerprint density at radius 3 is 2.89 bits per heavy atom. The number of hydrogen-bond acceptors (Lipinski definition) is 6. The fourth-order valence-electron chi connectivity index (χ4n) is 3.10. The smallest absolute Gasteiger partial charge is 0.319 e. The molecular formula is C21H20N4O2S. The first kappa shape index (κ1) is 18.4. The fraction of sp³-hybridized carbons (Fsp3) is 0.238. The molecule has 0 aliphatic carbocycles. The summed E-state index contributed by atoms with van der Waals surface area (Å²) in [7, 11) is 0. The van der Waals surface area contributed by atoms with Crippen LogP contribution in [0.2, 0.25) is 0 Å². The van der Waals surface area contributed by atoms with E-state index in [4.69, 9.17) is 4.74 Å². The van der Waals surface area contributed by atoms with Gasteiger partial charge >= 0.3 is 5.97 Å². The number of esters is 1. The Balaban J connectivity index is 1.65. The molecule has 0 aliphatic rings. The lowest BCUT2D eigenvalue weighted by atomic mass is 10.1. The molecule has 1 unspecified atom stereocenters. The number of benzene rings is 2. The van der Waals surface area contributed by atoms with E-state index in [1.807, 2.05) is 56.3 Å². The van der Waals surface area contributed by atoms with Gasteiger partial charge in [0.1, 0.15) is 11.6 Å². The summed E-state index contributed by atoms with van der Waals surface area (Å²) in [4.78, 5) is 21.6. The minimum absolute atomic E-state index is 0.254. The van der Waals surface area contributed by atoms with Gasteiger partial charge in [-0.1, -0.05) is 53.7 Å². The zero-order valence-corrected chi connectivity index (χ0v) is 16.5. The summed E-state index contributed by atoms with van der Waals surface area (Å²) < 4.78 is 6.94. The van der Waals surface area contributed by atoms with Crippen molar-refractivity contribution in [3.05, 3.63) is 66.0 Å². The zero-order chi connectivity index (χ0) is 19.5. The largest absolute Gasteiger partial charge is 0.465 e. The molecule has 0 N–H and O–H groups in total. The Morgan fingerprint density at radius 1 is 1.21 bits per heavy atom. The summed E-state index contributed by atoms with van der Waals surface area (Å²) in [5.41, 5.74) is 3.84. The lowest BCUT2D eigenvalue weighted by Crippen LogP contribution is -2.23. The van der Waals surface area contributed by atoms with E-state index in [0.717, 1.165) is 27.7 Å². The average Bonchev–Trinajstić information content (AvgIpc) is 3.11. The molecule has 28 heavy (non-hydrogen) atoms. The van der Waals surface area contributed by atoms with Crippen LogP contribution in [0.5, 0.6) is 0 Å². The molecule has 142 valence electrons. The second-order valence-electron chi connectivity index (χ2n) is 6.48. The van der Waals surface area contributed by atoms with Crippen molar-refractivity contribution in [1.82, 2.24) is 19.6 Å². The van der Waals surface area contributed by atoms with Crippen LogP contribution in [0.1, 0.15) is 18.1 Å². The topological polar surface area (TPSA) is 69.4 Å². The highest BCUT2D eigenvalue weighted by molar-refractivity contribution is 8.00. The fourth-order valence-corrected chi connectivity index (χ4v) is 4.07. The molecular weight excluding hydrogens is 372 g/mol. The van der Waals surface area contributed by atoms with Crippen molar-refractivity contribution < 1.29 is 9.53 Å². The number of rotatable bonds is 6. The van der Waals surface area contributed by atoms with E-state index in [1.165, 1.54) is 11.8 Å². The number of aromatic nitrogens is 4. The number of thioether (sulfide) groups is 1. The first-order valence-electron chi connectivity index (χ1n) is 9.13. The standard InChI is InChI=1S/C21H20N4O2S/c1-3-27-20(26)18(12-15-8-6-7-14(2)11-15)28-21-23-19-16-9-4-5-10-17(16)22-13-25(19)24-21/h4-11,13,18H,3,12H2,1-2H3. The number of ether oxygens (including phenoxy) is 1. The van der Waals surface area contributed by atoms with Gasteiger partial charge in [-0.25, -0.2) is 14.5 Å². The monoisotopic (exact) mass is 392 g/mol. The first-order valence-corrected chi connectivity index (χ1v) is 10.0. The molecule has 7 heteroatoms. The normalized spacial score (nSPS) is 12.4. The highest BCUT2D eigenvalue weighted by Gasteiger charge is 2.24. The van der Waals surface area contributed by atoms with Crippen LogP contribution in [0.25, 0.3) is 16.6 Å². The van der Waals surface area contributed by atoms with Gasteiger partial charge in [-0.15, -0.1) is 5.10 Å². The average molecular weight is 392 g/mol. The van der Waals surface area contributed by atoms with Crippen LogP contribution in [0.4, 0.5) is 0 Å². The third-order valence-corrected chi connectivity index (χ3v) is 5.39. The number of carbonyl (C=O) groups is 1. The molecule has 2 aromatic heterocycles. The van der Waals surface area contributed by atoms with Crippen molar-refractivity contribution in [3.8, 4) is 0 Å². The Bertz CT molecular complexity index is 1140. The highest BCUT2D eigenvalue weighted by Crippen LogP contribution is 2.26. The SMILES string of the molecule is CCOC(=O)C(Cc1cccc(C)c1)Sc1nc2c3ccccc3ncn2n1. The summed E-state index contributed by atoms with van der Waals surface area (Å²) in [5.74, 6) is -0.254. The third-order valence-electron chi connectivity index (χ3n) is 4.36. The van der Waals surface area contributed by atoms with Gasteiger partial charge in [0.2, 0.25) is 5.16 Å². The zero-order valence-electron chi connectivity index (χ0n) is 15.7. The van der Waals surface area contributed by atoms with Crippen molar-refractivity contribution in [2.45, 2.75) is 30.7 Å². The van der Waals surface area contributed by atoms with Crippen LogP contribution in [-0.4, -0.2) is 37.4 Å². The predicted octanol–water partition coefficient (Wildman–Crippen LogP) is 3.85. The van der Waals surface area contributed by atoms with Crippen molar-refractivity contribution in [2.24, 2.45) is 0 Å². The molecule has 2 aromatic carbocycles. The van der Waals surface area contributed by atoms with Crippen molar-refractivity contribution in [3.63, 3.8) is 0 Å². The summed E-state index contributed by atoms with van der Waals surface area (Å²) in [6.45, 7) is 4.20. The maximum atomic E-state index is 12.5. The van der Waals surface area contributed by atoms with E-state index in [0.29, 0.717) is 18.2 Å². The Hall–Kier alpha value is -2.93. The molecule has 6 nitrogen and oxygen atoms in total. The molecule has 0 bridgehead atoms. The summed E-state index contributed by atoms with van der Waals surface area (Å²) in [6, 6.07) is 15.9. The van der Waals surface area contributed by atoms with E-state index in [1.54, 1.807) is 10.8 Å². The van der Waals surface area contributed by atoms with Crippen LogP contribution < -0.4 is 0 Å². The minimum atomic E-state index is -0.418. The van der Waals surface area contributed by atoms with E-state index in [2.05, 4.69) is 21.1 Å². The van der Waals surface area contributed by atoms with E-state index in [-0.39, 0.29) is 5.97 Å². The number of nitrogens with zero attached hydrogens (tertiary/aromatic N) is 4. The number of para-hydroxylation sites is 1. The predicted molar refractivity (Wildman–Crippen MR) is 109 cm³/mol. The van der Waals surface area contributed by atoms with Crippen molar-refractivity contribution >= 4 is 34.3 Å². The third kappa shape index (κ3) is 3.84. The van der Waals surface area contributed by atoms with Gasteiger partial charge in [-0.2, -0.15) is 0 Å². The number of fused-ring (bicyclic) bond motifs is 3. The minimum Gasteiger partial charge on any atom is -0.465 e. The van der Waals surface area contributed by atoms with Gasteiger partial charge < -0.3 is 4.74 Å². The first-order chi connectivity index (χ1) is 13.6. The Morgan fingerprint density at radius 2 is 2.07 bits per heavy atom. The van der Waals surface area contributed by atoms with Crippen LogP contribution in [0.3, 0.4) is 0 Å². The van der Waals surface area contributed by atoms with Gasteiger partial charge in [0.25, 0.3) is 0 Å². The lowest BCUT2D eigenvalue weighted by molar-refractivity contribution is -0.142. The van der Waals surface area contributed by atoms with Crippen LogP contribution in [0.15, 0.2) is 60.0 Å². The molecule has 4 rings (SSSR count). The molecule has 0 amide bonds. The molecule has 1 atom stereocenters. The number of aryl methyl sites for hydroxylation is 1. The molecule has 0 aliphatic heterocycles. The van der Waals surface area contributed by atoms with Crippen LogP contribution in [-0.2, 0) is 16.0 Å². The van der Waals surface area contributed by atoms with Gasteiger partial charge in [0, 0.05) is 5.39 Å². The van der Waals surface area contributed by atoms with Gasteiger partial charge in [0.15, 0.2) is 5.65 Å². The van der Waals surface area contributed by atoms with Gasteiger partial charge in [-0.3, -0.25) is 4.79 Å². The van der Waals surface area contributed by atoms with Crippen molar-refractivity contribution in [1.29, 1.82) is 0 Å². The van der Waals surface area contributed by atoms with Crippen LogP contribution >= 0.6 is 11.8 Å². The molecule has 4 aromatic rings. The lowest BCUT2D eigenvalue weighted by Gasteiger charge is -2.13. The maximum absolute atomic E-state index is 12.5. The van der Waals surface area contributed by atoms with Crippen molar-refractivity contribution in [2.75, 3.05) is 6.61 Å². The van der Waals surface area contributed by atoms with E-state index >= 15 is 0 Å².